The van der Waals surface area contributed by atoms with Crippen LogP contribution >= 0.6 is 0 Å². The van der Waals surface area contributed by atoms with Gasteiger partial charge in [0.2, 0.25) is 0 Å². The van der Waals surface area contributed by atoms with Gasteiger partial charge in [-0.05, 0) is 44.4 Å². The molecule has 0 radical (unpaired) electrons. The van der Waals surface area contributed by atoms with Gasteiger partial charge in [-0.3, -0.25) is 9.88 Å². The normalized spacial score (nSPS) is 22.0. The summed E-state index contributed by atoms with van der Waals surface area (Å²) in [5, 5.41) is 0. The monoisotopic (exact) mass is 232 g/mol. The summed E-state index contributed by atoms with van der Waals surface area (Å²) in [6, 6.07) is 6.96. The second-order valence-corrected chi connectivity index (χ2v) is 5.60. The van der Waals surface area contributed by atoms with Gasteiger partial charge in [0.05, 0.1) is 11.7 Å². The first kappa shape index (κ1) is 12.6. The second kappa shape index (κ2) is 5.63. The van der Waals surface area contributed by atoms with E-state index < -0.39 is 0 Å². The topological polar surface area (TPSA) is 16.1 Å². The molecule has 0 unspecified atom stereocenters. The summed E-state index contributed by atoms with van der Waals surface area (Å²) >= 11 is 0. The van der Waals surface area contributed by atoms with Gasteiger partial charge >= 0.3 is 0 Å². The van der Waals surface area contributed by atoms with Crippen molar-refractivity contribution in [1.29, 1.82) is 0 Å². The van der Waals surface area contributed by atoms with E-state index in [9.17, 15) is 0 Å². The van der Waals surface area contributed by atoms with Crippen LogP contribution in [0.5, 0.6) is 0 Å². The number of rotatable bonds is 3. The van der Waals surface area contributed by atoms with Crippen molar-refractivity contribution in [2.24, 2.45) is 5.92 Å². The molecule has 1 saturated heterocycles. The van der Waals surface area contributed by atoms with Crippen LogP contribution in [0.3, 0.4) is 0 Å². The van der Waals surface area contributed by atoms with Gasteiger partial charge in [-0.15, -0.1) is 0 Å². The third-order valence-electron chi connectivity index (χ3n) is 3.46. The molecule has 0 aromatic carbocycles. The van der Waals surface area contributed by atoms with E-state index in [0.717, 1.165) is 11.6 Å². The molecule has 0 aliphatic carbocycles. The van der Waals surface area contributed by atoms with E-state index in [1.54, 1.807) is 0 Å². The van der Waals surface area contributed by atoms with Crippen molar-refractivity contribution in [2.75, 3.05) is 13.1 Å². The molecule has 1 aliphatic heterocycles. The summed E-state index contributed by atoms with van der Waals surface area (Å²) < 4.78 is 0. The Morgan fingerprint density at radius 3 is 2.88 bits per heavy atom. The molecule has 0 saturated carbocycles. The number of aryl methyl sites for hydroxylation is 1. The molecule has 1 fully saturated rings. The zero-order valence-corrected chi connectivity index (χ0v) is 11.3. The number of hydrogen-bond acceptors (Lipinski definition) is 2. The molecule has 1 aliphatic rings. The Morgan fingerprint density at radius 2 is 2.18 bits per heavy atom. The minimum Gasteiger partial charge on any atom is -0.295 e. The predicted molar refractivity (Wildman–Crippen MR) is 72.0 cm³/mol. The van der Waals surface area contributed by atoms with Gasteiger partial charge in [0.1, 0.15) is 0 Å². The van der Waals surface area contributed by atoms with E-state index in [1.165, 1.54) is 38.0 Å². The molecule has 2 rings (SSSR count). The molecule has 0 amide bonds. The van der Waals surface area contributed by atoms with Crippen LogP contribution < -0.4 is 0 Å². The van der Waals surface area contributed by atoms with Gasteiger partial charge in [-0.2, -0.15) is 0 Å². The van der Waals surface area contributed by atoms with Gasteiger partial charge in [0, 0.05) is 12.2 Å². The zero-order valence-electron chi connectivity index (χ0n) is 11.3. The SMILES string of the molecule is Cc1cccc([C@@H]2CCCCN2CC(C)C)n1. The Morgan fingerprint density at radius 1 is 1.35 bits per heavy atom. The van der Waals surface area contributed by atoms with Crippen molar-refractivity contribution in [3.63, 3.8) is 0 Å². The van der Waals surface area contributed by atoms with E-state index in [2.05, 4.69) is 43.9 Å². The molecule has 1 aromatic rings. The molecule has 2 nitrogen and oxygen atoms in total. The Bertz CT molecular complexity index is 360. The first-order valence-electron chi connectivity index (χ1n) is 6.84. The number of nitrogens with zero attached hydrogens (tertiary/aromatic N) is 2. The third kappa shape index (κ3) is 3.29. The molecule has 0 spiro atoms. The summed E-state index contributed by atoms with van der Waals surface area (Å²) in [6.45, 7) is 9.11. The van der Waals surface area contributed by atoms with E-state index in [-0.39, 0.29) is 0 Å². The minimum atomic E-state index is 0.547. The van der Waals surface area contributed by atoms with Crippen molar-refractivity contribution < 1.29 is 0 Å². The quantitative estimate of drug-likeness (QED) is 0.792. The molecule has 17 heavy (non-hydrogen) atoms. The zero-order chi connectivity index (χ0) is 12.3. The first-order chi connectivity index (χ1) is 8.16. The van der Waals surface area contributed by atoms with Gasteiger partial charge < -0.3 is 0 Å². The number of hydrogen-bond donors (Lipinski definition) is 0. The Kier molecular flexibility index (Phi) is 4.16. The summed E-state index contributed by atoms with van der Waals surface area (Å²) in [6.07, 6.45) is 3.95. The average molecular weight is 232 g/mol. The van der Waals surface area contributed by atoms with Crippen molar-refractivity contribution in [3.8, 4) is 0 Å². The summed E-state index contributed by atoms with van der Waals surface area (Å²) in [4.78, 5) is 7.33. The maximum absolute atomic E-state index is 4.71. The van der Waals surface area contributed by atoms with Crippen LogP contribution in [0, 0.1) is 12.8 Å². The van der Waals surface area contributed by atoms with E-state index in [1.807, 2.05) is 0 Å². The highest BCUT2D eigenvalue weighted by Gasteiger charge is 2.25. The van der Waals surface area contributed by atoms with Crippen LogP contribution in [0.2, 0.25) is 0 Å². The Labute approximate surface area is 105 Å². The fraction of sp³-hybridized carbons (Fsp3) is 0.667. The fourth-order valence-corrected chi connectivity index (χ4v) is 2.76. The second-order valence-electron chi connectivity index (χ2n) is 5.60. The average Bonchev–Trinajstić information content (AvgIpc) is 2.29. The third-order valence-corrected chi connectivity index (χ3v) is 3.46. The lowest BCUT2D eigenvalue weighted by Gasteiger charge is -2.36. The number of likely N-dealkylation sites (tertiary alicyclic amines) is 1. The van der Waals surface area contributed by atoms with Crippen LogP contribution in [0.1, 0.15) is 50.5 Å². The summed E-state index contributed by atoms with van der Waals surface area (Å²) in [5.41, 5.74) is 2.41. The predicted octanol–water partition coefficient (Wildman–Crippen LogP) is 3.57. The molecule has 1 atom stereocenters. The van der Waals surface area contributed by atoms with Gasteiger partial charge in [-0.25, -0.2) is 0 Å². The summed E-state index contributed by atoms with van der Waals surface area (Å²) in [5.74, 6) is 0.736. The fourth-order valence-electron chi connectivity index (χ4n) is 2.76. The highest BCUT2D eigenvalue weighted by Crippen LogP contribution is 2.30. The van der Waals surface area contributed by atoms with Gasteiger partial charge in [-0.1, -0.05) is 26.3 Å². The van der Waals surface area contributed by atoms with E-state index in [4.69, 9.17) is 4.98 Å². The molecule has 0 bridgehead atoms. The number of pyridine rings is 1. The molecule has 1 aromatic heterocycles. The van der Waals surface area contributed by atoms with Crippen LogP contribution in [-0.4, -0.2) is 23.0 Å². The van der Waals surface area contributed by atoms with Gasteiger partial charge in [0.25, 0.3) is 0 Å². The van der Waals surface area contributed by atoms with Crippen LogP contribution in [-0.2, 0) is 0 Å². The molecular weight excluding hydrogens is 208 g/mol. The van der Waals surface area contributed by atoms with Crippen molar-refractivity contribution in [3.05, 3.63) is 29.6 Å². The molecule has 2 heteroatoms. The Hall–Kier alpha value is -0.890. The first-order valence-corrected chi connectivity index (χ1v) is 6.84. The van der Waals surface area contributed by atoms with Crippen LogP contribution in [0.4, 0.5) is 0 Å². The lowest BCUT2D eigenvalue weighted by atomic mass is 9.97. The highest BCUT2D eigenvalue weighted by molar-refractivity contribution is 5.14. The van der Waals surface area contributed by atoms with Crippen molar-refractivity contribution in [2.45, 2.75) is 46.1 Å². The largest absolute Gasteiger partial charge is 0.295 e. The molecule has 2 heterocycles. The van der Waals surface area contributed by atoms with Crippen LogP contribution in [0.25, 0.3) is 0 Å². The van der Waals surface area contributed by atoms with E-state index in [0.29, 0.717) is 6.04 Å². The lowest BCUT2D eigenvalue weighted by Crippen LogP contribution is -2.36. The minimum absolute atomic E-state index is 0.547. The van der Waals surface area contributed by atoms with Crippen molar-refractivity contribution in [1.82, 2.24) is 9.88 Å². The van der Waals surface area contributed by atoms with Crippen molar-refractivity contribution >= 4 is 0 Å². The number of aromatic nitrogens is 1. The Balaban J connectivity index is 2.15. The highest BCUT2D eigenvalue weighted by atomic mass is 15.2. The summed E-state index contributed by atoms with van der Waals surface area (Å²) in [7, 11) is 0. The standard InChI is InChI=1S/C15H24N2/c1-12(2)11-17-10-5-4-9-15(17)14-8-6-7-13(3)16-14/h6-8,12,15H,4-5,9-11H2,1-3H3/t15-/m0/s1. The van der Waals surface area contributed by atoms with E-state index >= 15 is 0 Å². The maximum atomic E-state index is 4.71. The molecular formula is C15H24N2. The van der Waals surface area contributed by atoms with Crippen LogP contribution in [0.15, 0.2) is 18.2 Å². The maximum Gasteiger partial charge on any atom is 0.0578 e. The lowest BCUT2D eigenvalue weighted by molar-refractivity contribution is 0.129. The molecule has 0 N–H and O–H groups in total. The smallest absolute Gasteiger partial charge is 0.0578 e. The number of piperidine rings is 1. The molecule has 94 valence electrons. The van der Waals surface area contributed by atoms with Gasteiger partial charge in [0.15, 0.2) is 0 Å².